The summed E-state index contributed by atoms with van der Waals surface area (Å²) < 4.78 is 5.02. The van der Waals surface area contributed by atoms with Crippen LogP contribution in [0.2, 0.25) is 0 Å². The first-order chi connectivity index (χ1) is 9.88. The second-order valence-electron chi connectivity index (χ2n) is 5.79. The molecule has 3 atom stereocenters. The topological polar surface area (TPSA) is 63.7 Å². The maximum atomic E-state index is 12.6. The fourth-order valence-corrected chi connectivity index (χ4v) is 3.29. The summed E-state index contributed by atoms with van der Waals surface area (Å²) in [6.45, 7) is 5.52. The van der Waals surface area contributed by atoms with Crippen LogP contribution in [0.4, 0.5) is 0 Å². The average molecular weight is 314 g/mol. The van der Waals surface area contributed by atoms with E-state index in [9.17, 15) is 14.4 Å². The summed E-state index contributed by atoms with van der Waals surface area (Å²) in [5.41, 5.74) is 0. The average Bonchev–Trinajstić information content (AvgIpc) is 2.64. The molecule has 2 amide bonds. The van der Waals surface area contributed by atoms with Gasteiger partial charge in [-0.05, 0) is 25.7 Å². The third-order valence-electron chi connectivity index (χ3n) is 4.04. The van der Waals surface area contributed by atoms with Crippen molar-refractivity contribution in [3.63, 3.8) is 0 Å². The van der Waals surface area contributed by atoms with Crippen LogP contribution < -0.4 is 0 Å². The SMILES string of the molecule is CCOC(=O)C(C(C)C)N1C(=O)C2CC=C(Cl)CC2C1=O. The number of fused-ring (bicyclic) bond motifs is 1. The Morgan fingerprint density at radius 2 is 2.00 bits per heavy atom. The zero-order chi connectivity index (χ0) is 15.7. The number of allylic oxidation sites excluding steroid dienone is 2. The lowest BCUT2D eigenvalue weighted by molar-refractivity contribution is -0.160. The van der Waals surface area contributed by atoms with Gasteiger partial charge >= 0.3 is 5.97 Å². The summed E-state index contributed by atoms with van der Waals surface area (Å²) >= 11 is 5.99. The van der Waals surface area contributed by atoms with Crippen LogP contribution >= 0.6 is 11.6 Å². The molecule has 1 aliphatic carbocycles. The molecular weight excluding hydrogens is 294 g/mol. The van der Waals surface area contributed by atoms with Crippen LogP contribution in [0.15, 0.2) is 11.1 Å². The number of halogens is 1. The maximum absolute atomic E-state index is 12.6. The number of hydrogen-bond acceptors (Lipinski definition) is 4. The van der Waals surface area contributed by atoms with Crippen molar-refractivity contribution in [2.45, 2.75) is 39.7 Å². The highest BCUT2D eigenvalue weighted by atomic mass is 35.5. The highest BCUT2D eigenvalue weighted by molar-refractivity contribution is 6.30. The second-order valence-corrected chi connectivity index (χ2v) is 6.28. The minimum atomic E-state index is -0.852. The third-order valence-corrected chi connectivity index (χ3v) is 4.35. The quantitative estimate of drug-likeness (QED) is 0.589. The summed E-state index contributed by atoms with van der Waals surface area (Å²) in [6.07, 6.45) is 2.62. The summed E-state index contributed by atoms with van der Waals surface area (Å²) in [6, 6.07) is -0.852. The highest BCUT2D eigenvalue weighted by Gasteiger charge is 2.53. The minimum Gasteiger partial charge on any atom is -0.464 e. The van der Waals surface area contributed by atoms with Gasteiger partial charge in [0.25, 0.3) is 0 Å². The van der Waals surface area contributed by atoms with Crippen molar-refractivity contribution in [1.29, 1.82) is 0 Å². The number of amides is 2. The summed E-state index contributed by atoms with van der Waals surface area (Å²) in [5.74, 6) is -2.13. The highest BCUT2D eigenvalue weighted by Crippen LogP contribution is 2.40. The van der Waals surface area contributed by atoms with Crippen LogP contribution in [0.3, 0.4) is 0 Å². The van der Waals surface area contributed by atoms with Gasteiger partial charge < -0.3 is 4.74 Å². The van der Waals surface area contributed by atoms with Crippen LogP contribution in [0.5, 0.6) is 0 Å². The summed E-state index contributed by atoms with van der Waals surface area (Å²) in [5, 5.41) is 0.608. The monoisotopic (exact) mass is 313 g/mol. The van der Waals surface area contributed by atoms with Gasteiger partial charge in [0.05, 0.1) is 18.4 Å². The standard InChI is InChI=1S/C15H20ClNO4/c1-4-21-15(20)12(8(2)3)17-13(18)10-6-5-9(16)7-11(10)14(17)19/h5,8,10-12H,4,6-7H2,1-3H3. The van der Waals surface area contributed by atoms with Crippen LogP contribution in [-0.4, -0.2) is 35.3 Å². The predicted octanol–water partition coefficient (Wildman–Crippen LogP) is 2.09. The molecule has 1 saturated heterocycles. The molecule has 2 aliphatic rings. The molecule has 0 saturated carbocycles. The zero-order valence-electron chi connectivity index (χ0n) is 12.5. The molecule has 0 aromatic carbocycles. The smallest absolute Gasteiger partial charge is 0.329 e. The lowest BCUT2D eigenvalue weighted by Crippen LogP contribution is -2.49. The second kappa shape index (κ2) is 6.18. The number of esters is 1. The number of likely N-dealkylation sites (tertiary alicyclic amines) is 1. The van der Waals surface area contributed by atoms with E-state index < -0.39 is 23.8 Å². The molecule has 0 N–H and O–H groups in total. The molecule has 5 nitrogen and oxygen atoms in total. The van der Waals surface area contributed by atoms with Gasteiger partial charge in [0, 0.05) is 5.03 Å². The zero-order valence-corrected chi connectivity index (χ0v) is 13.2. The molecule has 2 rings (SSSR count). The Kier molecular flexibility index (Phi) is 4.71. The Morgan fingerprint density at radius 1 is 1.38 bits per heavy atom. The van der Waals surface area contributed by atoms with Gasteiger partial charge in [0.15, 0.2) is 0 Å². The molecule has 0 aromatic rings. The van der Waals surface area contributed by atoms with E-state index in [2.05, 4.69) is 0 Å². The van der Waals surface area contributed by atoms with Gasteiger partial charge in [-0.15, -0.1) is 0 Å². The number of ether oxygens (including phenoxy) is 1. The molecule has 0 radical (unpaired) electrons. The van der Waals surface area contributed by atoms with E-state index in [1.54, 1.807) is 26.8 Å². The van der Waals surface area contributed by atoms with Gasteiger partial charge in [0.2, 0.25) is 11.8 Å². The molecule has 0 spiro atoms. The van der Waals surface area contributed by atoms with E-state index in [4.69, 9.17) is 16.3 Å². The van der Waals surface area contributed by atoms with E-state index in [0.29, 0.717) is 17.9 Å². The number of imide groups is 1. The molecule has 0 bridgehead atoms. The molecule has 6 heteroatoms. The molecule has 1 aliphatic heterocycles. The molecule has 21 heavy (non-hydrogen) atoms. The van der Waals surface area contributed by atoms with E-state index in [0.717, 1.165) is 4.90 Å². The van der Waals surface area contributed by atoms with Gasteiger partial charge in [-0.3, -0.25) is 14.5 Å². The van der Waals surface area contributed by atoms with Crippen molar-refractivity contribution in [3.8, 4) is 0 Å². The van der Waals surface area contributed by atoms with Crippen LogP contribution in [-0.2, 0) is 19.1 Å². The van der Waals surface area contributed by atoms with Crippen molar-refractivity contribution >= 4 is 29.4 Å². The van der Waals surface area contributed by atoms with Crippen LogP contribution in [0, 0.1) is 17.8 Å². The summed E-state index contributed by atoms with van der Waals surface area (Å²) in [4.78, 5) is 38.3. The number of carbonyl (C=O) groups is 3. The minimum absolute atomic E-state index is 0.194. The molecule has 1 fully saturated rings. The van der Waals surface area contributed by atoms with Gasteiger partial charge in [-0.25, -0.2) is 4.79 Å². The molecule has 1 heterocycles. The van der Waals surface area contributed by atoms with E-state index in [1.807, 2.05) is 0 Å². The Labute approximate surface area is 129 Å². The molecule has 0 aromatic heterocycles. The Hall–Kier alpha value is -1.36. The van der Waals surface area contributed by atoms with Crippen molar-refractivity contribution in [2.24, 2.45) is 17.8 Å². The Morgan fingerprint density at radius 3 is 2.57 bits per heavy atom. The van der Waals surface area contributed by atoms with Crippen molar-refractivity contribution < 1.29 is 19.1 Å². The lowest BCUT2D eigenvalue weighted by Gasteiger charge is -2.27. The largest absolute Gasteiger partial charge is 0.464 e. The first-order valence-corrected chi connectivity index (χ1v) is 7.64. The molecule has 3 unspecified atom stereocenters. The van der Waals surface area contributed by atoms with Gasteiger partial charge in [-0.1, -0.05) is 31.5 Å². The summed E-state index contributed by atoms with van der Waals surface area (Å²) in [7, 11) is 0. The first kappa shape index (κ1) is 16.0. The fraction of sp³-hybridized carbons (Fsp3) is 0.667. The van der Waals surface area contributed by atoms with E-state index in [1.165, 1.54) is 0 Å². The van der Waals surface area contributed by atoms with Crippen molar-refractivity contribution in [2.75, 3.05) is 6.61 Å². The number of rotatable bonds is 4. The fourth-order valence-electron chi connectivity index (χ4n) is 3.03. The van der Waals surface area contributed by atoms with Gasteiger partial charge in [0.1, 0.15) is 6.04 Å². The number of hydrogen-bond donors (Lipinski definition) is 0. The van der Waals surface area contributed by atoms with Crippen LogP contribution in [0.25, 0.3) is 0 Å². The van der Waals surface area contributed by atoms with Crippen molar-refractivity contribution in [3.05, 3.63) is 11.1 Å². The maximum Gasteiger partial charge on any atom is 0.329 e. The number of nitrogens with zero attached hydrogens (tertiary/aromatic N) is 1. The van der Waals surface area contributed by atoms with E-state index in [-0.39, 0.29) is 24.3 Å². The van der Waals surface area contributed by atoms with Gasteiger partial charge in [-0.2, -0.15) is 0 Å². The van der Waals surface area contributed by atoms with Crippen molar-refractivity contribution in [1.82, 2.24) is 4.90 Å². The normalized spacial score (nSPS) is 26.7. The molecule has 116 valence electrons. The Bertz CT molecular complexity index is 500. The molecular formula is C15H20ClNO4. The first-order valence-electron chi connectivity index (χ1n) is 7.26. The Balaban J connectivity index is 2.29. The lowest BCUT2D eigenvalue weighted by atomic mass is 9.85. The van der Waals surface area contributed by atoms with E-state index >= 15 is 0 Å². The van der Waals surface area contributed by atoms with Crippen LogP contribution in [0.1, 0.15) is 33.6 Å². The third kappa shape index (κ3) is 2.84. The number of carbonyl (C=O) groups excluding carboxylic acids is 3. The predicted molar refractivity (Wildman–Crippen MR) is 77.3 cm³/mol.